The van der Waals surface area contributed by atoms with Crippen LogP contribution in [0.5, 0.6) is 0 Å². The molecule has 0 amide bonds. The standard InChI is InChI=1S/C13H17F2N.C6H12O.C6H12.C3H8.3C2H6.CHN/c1-16-6-4-10(5-7-16)8-11-2-3-12(14)13(15)9-11;1-6-2-4-7-5-3-6;1-6-4-2-3-5-6;1-3-2;4*1-2/h2-3,9-10H,4-8H2,1H3;6H,2-5H2,1H3;6H,2-5H2,1H3;3H2,1-2H3;3*1-2H3;1H. The lowest BCUT2D eigenvalue weighted by Crippen LogP contribution is -2.30. The molecule has 0 bridgehead atoms. The van der Waals surface area contributed by atoms with Crippen molar-refractivity contribution in [1.29, 1.82) is 5.26 Å². The van der Waals surface area contributed by atoms with Gasteiger partial charge >= 0.3 is 0 Å². The Balaban J connectivity index is -0.000000226. The fourth-order valence-corrected chi connectivity index (χ4v) is 4.21. The van der Waals surface area contributed by atoms with Crippen LogP contribution in [0.15, 0.2) is 18.2 Å². The van der Waals surface area contributed by atoms with Gasteiger partial charge in [0.1, 0.15) is 0 Å². The van der Waals surface area contributed by atoms with Crippen molar-refractivity contribution in [3.05, 3.63) is 35.4 Å². The van der Waals surface area contributed by atoms with Gasteiger partial charge in [-0.1, -0.05) is 107 Å². The normalized spacial score (nSPS) is 16.8. The topological polar surface area (TPSA) is 36.3 Å². The number of nitriles is 1. The molecule has 3 aliphatic rings. The number of nitrogens with zero attached hydrogens (tertiary/aromatic N) is 2. The fourth-order valence-electron chi connectivity index (χ4n) is 4.21. The summed E-state index contributed by atoms with van der Waals surface area (Å²) < 4.78 is 30.9. The second-order valence-corrected chi connectivity index (χ2v) is 10.1. The Kier molecular flexibility index (Phi) is 40.4. The zero-order valence-electron chi connectivity index (χ0n) is 28.5. The van der Waals surface area contributed by atoms with Gasteiger partial charge in [-0.3, -0.25) is 0 Å². The highest BCUT2D eigenvalue weighted by Crippen LogP contribution is 2.23. The maximum Gasteiger partial charge on any atom is 0.159 e. The molecule has 1 aromatic carbocycles. The molecule has 2 saturated heterocycles. The summed E-state index contributed by atoms with van der Waals surface area (Å²) >= 11 is 0. The van der Waals surface area contributed by atoms with Crippen LogP contribution >= 0.6 is 0 Å². The largest absolute Gasteiger partial charge is 0.381 e. The smallest absolute Gasteiger partial charge is 0.159 e. The van der Waals surface area contributed by atoms with Crippen LogP contribution in [0.3, 0.4) is 0 Å². The number of hydrogen-bond acceptors (Lipinski definition) is 3. The minimum atomic E-state index is -0.757. The summed E-state index contributed by atoms with van der Waals surface area (Å²) in [6, 6.07) is 4.24. The molecule has 0 radical (unpaired) electrons. The van der Waals surface area contributed by atoms with E-state index >= 15 is 0 Å². The molecule has 0 N–H and O–H groups in total. The van der Waals surface area contributed by atoms with Gasteiger partial charge in [0.25, 0.3) is 0 Å². The van der Waals surface area contributed by atoms with E-state index < -0.39 is 11.6 Å². The maximum atomic E-state index is 13.0. The van der Waals surface area contributed by atoms with Crippen molar-refractivity contribution in [2.45, 2.75) is 133 Å². The van der Waals surface area contributed by atoms with Crippen LogP contribution < -0.4 is 0 Å². The second-order valence-electron chi connectivity index (χ2n) is 10.1. The van der Waals surface area contributed by atoms with Crippen LogP contribution in [0.25, 0.3) is 0 Å². The van der Waals surface area contributed by atoms with Crippen molar-refractivity contribution in [3.63, 3.8) is 0 Å². The van der Waals surface area contributed by atoms with Crippen molar-refractivity contribution in [3.8, 4) is 6.57 Å². The van der Waals surface area contributed by atoms with Gasteiger partial charge < -0.3 is 9.64 Å². The molecule has 0 unspecified atom stereocenters. The first-order valence-electron chi connectivity index (χ1n) is 16.3. The van der Waals surface area contributed by atoms with Crippen LogP contribution in [0, 0.1) is 41.2 Å². The van der Waals surface area contributed by atoms with Gasteiger partial charge in [0.15, 0.2) is 11.6 Å². The van der Waals surface area contributed by atoms with E-state index in [1.165, 1.54) is 57.1 Å². The first kappa shape index (κ1) is 45.5. The fraction of sp³-hybridized carbons (Fsp3) is 0.800. The molecular weight excluding hydrogens is 502 g/mol. The monoisotopic (exact) mass is 571 g/mol. The molecule has 238 valence electrons. The molecule has 3 nitrogen and oxygen atoms in total. The third-order valence-corrected chi connectivity index (χ3v) is 6.50. The second kappa shape index (κ2) is 35.5. The van der Waals surface area contributed by atoms with Gasteiger partial charge in [-0.2, -0.15) is 0 Å². The van der Waals surface area contributed by atoms with Crippen molar-refractivity contribution in [2.24, 2.45) is 17.8 Å². The highest BCUT2D eigenvalue weighted by atomic mass is 19.2. The lowest BCUT2D eigenvalue weighted by Gasteiger charge is -2.28. The molecular formula is C35H68F2N2O. The van der Waals surface area contributed by atoms with E-state index in [4.69, 9.17) is 10.00 Å². The number of ether oxygens (including phenoxy) is 1. The molecule has 3 fully saturated rings. The summed E-state index contributed by atoms with van der Waals surface area (Å²) in [4.78, 5) is 2.31. The molecule has 5 heteroatoms. The molecule has 2 aliphatic heterocycles. The van der Waals surface area contributed by atoms with E-state index in [0.717, 1.165) is 63.0 Å². The Morgan fingerprint density at radius 2 is 1.20 bits per heavy atom. The SMILES string of the molecule is C#N.CC.CC.CC.CC1CCCC1.CC1CCOCC1.CCC.CN1CCC(Cc2ccc(F)c(F)c2)CC1. The summed E-state index contributed by atoms with van der Waals surface area (Å²) in [5.41, 5.74) is 0.911. The first-order chi connectivity index (χ1) is 19.3. The Morgan fingerprint density at radius 1 is 0.775 bits per heavy atom. The van der Waals surface area contributed by atoms with Gasteiger partial charge in [0, 0.05) is 19.8 Å². The number of halogens is 2. The van der Waals surface area contributed by atoms with E-state index in [1.807, 2.05) is 41.5 Å². The molecule has 0 aromatic heterocycles. The summed E-state index contributed by atoms with van der Waals surface area (Å²) in [5, 5.41) is 6.50. The van der Waals surface area contributed by atoms with Crippen LogP contribution in [-0.2, 0) is 11.2 Å². The van der Waals surface area contributed by atoms with Crippen molar-refractivity contribution in [2.75, 3.05) is 33.4 Å². The van der Waals surface area contributed by atoms with Crippen molar-refractivity contribution in [1.82, 2.24) is 4.90 Å². The van der Waals surface area contributed by atoms with Gasteiger partial charge in [-0.15, -0.1) is 0 Å². The van der Waals surface area contributed by atoms with E-state index in [-0.39, 0.29) is 0 Å². The minimum Gasteiger partial charge on any atom is -0.381 e. The third-order valence-electron chi connectivity index (χ3n) is 6.50. The number of rotatable bonds is 2. The van der Waals surface area contributed by atoms with Gasteiger partial charge in [0.2, 0.25) is 0 Å². The molecule has 4 rings (SSSR count). The Bertz CT molecular complexity index is 619. The molecule has 1 aromatic rings. The zero-order valence-corrected chi connectivity index (χ0v) is 28.5. The minimum absolute atomic E-state index is 0.612. The van der Waals surface area contributed by atoms with Crippen molar-refractivity contribution < 1.29 is 13.5 Å². The first-order valence-corrected chi connectivity index (χ1v) is 16.3. The van der Waals surface area contributed by atoms with Crippen molar-refractivity contribution >= 4 is 0 Å². The van der Waals surface area contributed by atoms with Gasteiger partial charge in [-0.05, 0) is 87.7 Å². The number of hydrogen-bond donors (Lipinski definition) is 0. The van der Waals surface area contributed by atoms with Gasteiger partial charge in [-0.25, -0.2) is 14.0 Å². The molecule has 40 heavy (non-hydrogen) atoms. The quantitative estimate of drug-likeness (QED) is 0.355. The van der Waals surface area contributed by atoms with Crippen LogP contribution in [0.1, 0.15) is 133 Å². The molecule has 2 heterocycles. The molecule has 0 atom stereocenters. The third kappa shape index (κ3) is 28.0. The van der Waals surface area contributed by atoms with Gasteiger partial charge in [0.05, 0.1) is 0 Å². The predicted octanol–water partition coefficient (Wildman–Crippen LogP) is 11.1. The Hall–Kier alpha value is -1.51. The van der Waals surface area contributed by atoms with E-state index in [0.29, 0.717) is 5.92 Å². The van der Waals surface area contributed by atoms with E-state index in [1.54, 1.807) is 6.07 Å². The van der Waals surface area contributed by atoms with E-state index in [2.05, 4.69) is 46.2 Å². The Morgan fingerprint density at radius 3 is 1.52 bits per heavy atom. The number of piperidine rings is 1. The summed E-state index contributed by atoms with van der Waals surface area (Å²) in [6.45, 7) is 28.6. The van der Waals surface area contributed by atoms with E-state index in [9.17, 15) is 8.78 Å². The molecule has 1 saturated carbocycles. The predicted molar refractivity (Wildman–Crippen MR) is 174 cm³/mol. The van der Waals surface area contributed by atoms with Crippen LogP contribution in [0.4, 0.5) is 8.78 Å². The lowest BCUT2D eigenvalue weighted by molar-refractivity contribution is 0.0716. The van der Waals surface area contributed by atoms with Crippen LogP contribution in [-0.4, -0.2) is 38.3 Å². The highest BCUT2D eigenvalue weighted by molar-refractivity contribution is 5.18. The average Bonchev–Trinajstić information content (AvgIpc) is 3.49. The average molecular weight is 571 g/mol. The van der Waals surface area contributed by atoms with Crippen LogP contribution in [0.2, 0.25) is 0 Å². The number of likely N-dealkylation sites (tertiary alicyclic amines) is 1. The highest BCUT2D eigenvalue weighted by Gasteiger charge is 2.17. The zero-order chi connectivity index (χ0) is 31.8. The summed E-state index contributed by atoms with van der Waals surface area (Å²) in [5.74, 6) is 1.08. The lowest BCUT2D eigenvalue weighted by atomic mass is 9.90. The summed E-state index contributed by atoms with van der Waals surface area (Å²) in [7, 11) is 2.12. The maximum absolute atomic E-state index is 13.0. The Labute approximate surface area is 250 Å². The summed E-state index contributed by atoms with van der Waals surface area (Å²) in [6.07, 6.45) is 12.9. The molecule has 0 spiro atoms. The number of benzene rings is 1. The molecule has 1 aliphatic carbocycles.